The van der Waals surface area contributed by atoms with Gasteiger partial charge in [-0.1, -0.05) is 60.8 Å². The number of amides is 2. The van der Waals surface area contributed by atoms with Crippen molar-refractivity contribution in [1.82, 2.24) is 24.7 Å². The molecule has 0 saturated carbocycles. The molecule has 0 unspecified atom stereocenters. The summed E-state index contributed by atoms with van der Waals surface area (Å²) in [6, 6.07) is 15.2. The van der Waals surface area contributed by atoms with Crippen LogP contribution in [0.4, 0.5) is 9.18 Å². The van der Waals surface area contributed by atoms with E-state index in [2.05, 4.69) is 5.43 Å². The van der Waals surface area contributed by atoms with Crippen molar-refractivity contribution in [3.63, 3.8) is 0 Å². The van der Waals surface area contributed by atoms with Crippen molar-refractivity contribution in [2.45, 2.75) is 49.8 Å². The number of carbonyl (C=O) groups is 1. The highest BCUT2D eigenvalue weighted by atomic mass is 35.5. The molecule has 3 aromatic carbocycles. The van der Waals surface area contributed by atoms with E-state index in [-0.39, 0.29) is 15.7 Å². The molecule has 1 saturated heterocycles. The third-order valence-corrected chi connectivity index (χ3v) is 10.2. The summed E-state index contributed by atoms with van der Waals surface area (Å²) in [5.74, 6) is 0.346. The van der Waals surface area contributed by atoms with Gasteiger partial charge >= 0.3 is 6.03 Å². The highest BCUT2D eigenvalue weighted by Crippen LogP contribution is 2.37. The fourth-order valence-electron chi connectivity index (χ4n) is 5.24. The van der Waals surface area contributed by atoms with Gasteiger partial charge in [0.2, 0.25) is 0 Å². The Morgan fingerprint density at radius 2 is 1.64 bits per heavy atom. The topological polar surface area (TPSA) is 96.3 Å². The summed E-state index contributed by atoms with van der Waals surface area (Å²) in [6.45, 7) is 5.43. The second-order valence-corrected chi connectivity index (χ2v) is 14.0. The molecule has 1 aromatic heterocycles. The minimum atomic E-state index is -4.14. The largest absolute Gasteiger partial charge is 0.343 e. The number of carbonyl (C=O) groups excluding carboxylic acids is 1. The number of halogens is 4. The van der Waals surface area contributed by atoms with E-state index in [1.807, 2.05) is 35.3 Å². The summed E-state index contributed by atoms with van der Waals surface area (Å²) < 4.78 is 43.6. The van der Waals surface area contributed by atoms with Crippen molar-refractivity contribution in [3.8, 4) is 5.69 Å². The maximum absolute atomic E-state index is 13.9. The van der Waals surface area contributed by atoms with Crippen LogP contribution in [0, 0.1) is 5.82 Å². The fourth-order valence-corrected chi connectivity index (χ4v) is 6.80. The molecule has 1 aliphatic rings. The molecule has 0 bridgehead atoms. The van der Waals surface area contributed by atoms with Gasteiger partial charge in [0.25, 0.3) is 10.0 Å². The van der Waals surface area contributed by atoms with E-state index in [0.717, 1.165) is 29.8 Å². The first kappa shape index (κ1) is 32.2. The Morgan fingerprint density at radius 1 is 0.932 bits per heavy atom. The molecule has 0 atom stereocenters. The summed E-state index contributed by atoms with van der Waals surface area (Å²) in [5, 5.41) is 2.81. The van der Waals surface area contributed by atoms with Crippen LogP contribution in [0.5, 0.6) is 0 Å². The van der Waals surface area contributed by atoms with E-state index in [0.29, 0.717) is 47.4 Å². The first-order valence-corrected chi connectivity index (χ1v) is 16.6. The number of nitrogens with zero attached hydrogens (tertiary/aromatic N) is 3. The summed E-state index contributed by atoms with van der Waals surface area (Å²) in [4.78, 5) is 16.9. The average molecular weight is 679 g/mol. The zero-order chi connectivity index (χ0) is 31.6. The standard InChI is InChI=1S/C31H31Cl3FN5O3S/c1-31(2,21-7-13-25(32)27(34)17-21)28-19-36-29(40(28)23-10-8-22(35)9-11-23)14-6-20-5-12-24(18-26(20)33)44(42,43)38-30(41)37-39-15-3-4-16-39/h5,7-13,17-19H,3-4,6,14-16H2,1-2H3,(H2,37,38,41). The van der Waals surface area contributed by atoms with Gasteiger partial charge in [-0.2, -0.15) is 0 Å². The Hall–Kier alpha value is -3.15. The van der Waals surface area contributed by atoms with Gasteiger partial charge in [-0.25, -0.2) is 32.3 Å². The normalized spacial score (nSPS) is 14.1. The Kier molecular flexibility index (Phi) is 9.58. The van der Waals surface area contributed by atoms with Gasteiger partial charge < -0.3 is 0 Å². The van der Waals surface area contributed by atoms with Crippen molar-refractivity contribution in [2.24, 2.45) is 0 Å². The van der Waals surface area contributed by atoms with Crippen LogP contribution < -0.4 is 10.1 Å². The second kappa shape index (κ2) is 13.1. The number of rotatable bonds is 9. The van der Waals surface area contributed by atoms with Crippen LogP contribution >= 0.6 is 34.8 Å². The smallest absolute Gasteiger partial charge is 0.300 e. The molecule has 0 spiro atoms. The zero-order valence-corrected chi connectivity index (χ0v) is 27.2. The number of nitrogens with one attached hydrogen (secondary N) is 2. The number of hydrazine groups is 1. The van der Waals surface area contributed by atoms with E-state index < -0.39 is 21.5 Å². The monoisotopic (exact) mass is 677 g/mol. The lowest BCUT2D eigenvalue weighted by Gasteiger charge is -2.28. The van der Waals surface area contributed by atoms with E-state index in [1.165, 1.54) is 24.3 Å². The third-order valence-electron chi connectivity index (χ3n) is 7.75. The lowest BCUT2D eigenvalue weighted by Crippen LogP contribution is -2.47. The molecule has 13 heteroatoms. The molecule has 0 aliphatic carbocycles. The Morgan fingerprint density at radius 3 is 2.30 bits per heavy atom. The highest BCUT2D eigenvalue weighted by molar-refractivity contribution is 7.90. The zero-order valence-electron chi connectivity index (χ0n) is 24.1. The molecule has 5 rings (SSSR count). The number of hydrogen-bond acceptors (Lipinski definition) is 5. The summed E-state index contributed by atoms with van der Waals surface area (Å²) in [5.41, 5.74) is 5.19. The van der Waals surface area contributed by atoms with E-state index in [9.17, 15) is 17.6 Å². The Bertz CT molecular complexity index is 1790. The van der Waals surface area contributed by atoms with Crippen LogP contribution in [0.1, 0.15) is 49.3 Å². The van der Waals surface area contributed by atoms with Crippen molar-refractivity contribution in [3.05, 3.63) is 110 Å². The predicted octanol–water partition coefficient (Wildman–Crippen LogP) is 7.08. The van der Waals surface area contributed by atoms with Crippen LogP contribution in [0.15, 0.2) is 71.8 Å². The molecule has 0 radical (unpaired) electrons. The molecular formula is C31H31Cl3FN5O3S. The van der Waals surface area contributed by atoms with Crippen LogP contribution in [-0.4, -0.2) is 42.1 Å². The van der Waals surface area contributed by atoms with Gasteiger partial charge in [-0.05, 0) is 78.9 Å². The Labute approximate surface area is 271 Å². The third kappa shape index (κ3) is 7.05. The van der Waals surface area contributed by atoms with Gasteiger partial charge in [-0.15, -0.1) is 0 Å². The van der Waals surface area contributed by atoms with Gasteiger partial charge in [0.1, 0.15) is 11.6 Å². The minimum absolute atomic E-state index is 0.124. The van der Waals surface area contributed by atoms with E-state index in [4.69, 9.17) is 39.8 Å². The Balaban J connectivity index is 1.39. The van der Waals surface area contributed by atoms with E-state index >= 15 is 0 Å². The van der Waals surface area contributed by atoms with Crippen molar-refractivity contribution >= 4 is 50.9 Å². The number of aromatic nitrogens is 2. The summed E-state index contributed by atoms with van der Waals surface area (Å²) in [7, 11) is -4.14. The number of urea groups is 1. The van der Waals surface area contributed by atoms with Crippen LogP contribution in [0.2, 0.25) is 15.1 Å². The first-order valence-electron chi connectivity index (χ1n) is 14.0. The molecule has 44 heavy (non-hydrogen) atoms. The van der Waals surface area contributed by atoms with Gasteiger partial charge in [0.15, 0.2) is 0 Å². The van der Waals surface area contributed by atoms with Crippen LogP contribution in [-0.2, 0) is 28.3 Å². The van der Waals surface area contributed by atoms with Gasteiger partial charge in [0.05, 0.1) is 20.6 Å². The predicted molar refractivity (Wildman–Crippen MR) is 171 cm³/mol. The molecule has 1 fully saturated rings. The number of hydrogen-bond donors (Lipinski definition) is 2. The van der Waals surface area contributed by atoms with Crippen molar-refractivity contribution in [1.29, 1.82) is 0 Å². The second-order valence-electron chi connectivity index (χ2n) is 11.1. The molecular weight excluding hydrogens is 648 g/mol. The summed E-state index contributed by atoms with van der Waals surface area (Å²) in [6.07, 6.45) is 4.54. The molecule has 2 heterocycles. The van der Waals surface area contributed by atoms with Gasteiger partial charge in [-0.3, -0.25) is 9.99 Å². The van der Waals surface area contributed by atoms with Crippen molar-refractivity contribution < 1.29 is 17.6 Å². The summed E-state index contributed by atoms with van der Waals surface area (Å²) >= 11 is 19.1. The molecule has 1 aliphatic heterocycles. The van der Waals surface area contributed by atoms with Gasteiger partial charge in [0, 0.05) is 41.8 Å². The molecule has 8 nitrogen and oxygen atoms in total. The van der Waals surface area contributed by atoms with Crippen molar-refractivity contribution in [2.75, 3.05) is 13.1 Å². The highest BCUT2D eigenvalue weighted by Gasteiger charge is 2.30. The van der Waals surface area contributed by atoms with E-state index in [1.54, 1.807) is 35.5 Å². The number of aryl methyl sites for hydroxylation is 2. The van der Waals surface area contributed by atoms with Crippen LogP contribution in [0.3, 0.4) is 0 Å². The molecule has 2 amide bonds. The number of sulfonamides is 1. The maximum Gasteiger partial charge on any atom is 0.343 e. The quantitative estimate of drug-likeness (QED) is 0.197. The maximum atomic E-state index is 13.9. The lowest BCUT2D eigenvalue weighted by molar-refractivity contribution is 0.202. The number of imidazole rings is 1. The molecule has 232 valence electrons. The first-order chi connectivity index (χ1) is 20.8. The molecule has 4 aromatic rings. The fraction of sp³-hybridized carbons (Fsp3) is 0.290. The molecule has 2 N–H and O–H groups in total. The SMILES string of the molecule is CC(C)(c1ccc(Cl)c(Cl)c1)c1cnc(CCc2ccc(S(=O)(=O)NC(=O)NN3CCCC3)cc2Cl)n1-c1ccc(F)cc1. The average Bonchev–Trinajstić information content (AvgIpc) is 3.64. The number of benzene rings is 3. The lowest BCUT2D eigenvalue weighted by atomic mass is 9.81. The minimum Gasteiger partial charge on any atom is -0.300 e. The van der Waals surface area contributed by atoms with Crippen LogP contribution in [0.25, 0.3) is 5.69 Å².